The highest BCUT2D eigenvalue weighted by Gasteiger charge is 2.15. The minimum Gasteiger partial charge on any atom is -0.507 e. The van der Waals surface area contributed by atoms with Crippen molar-refractivity contribution in [2.45, 2.75) is 0 Å². The van der Waals surface area contributed by atoms with Crippen LogP contribution in [-0.2, 0) is 9.57 Å². The molecule has 0 saturated carbocycles. The zero-order valence-electron chi connectivity index (χ0n) is 12.1. The van der Waals surface area contributed by atoms with Crippen LogP contribution in [0, 0.1) is 0 Å². The summed E-state index contributed by atoms with van der Waals surface area (Å²) in [5.74, 6) is -2.18. The fourth-order valence-electron chi connectivity index (χ4n) is 1.75. The summed E-state index contributed by atoms with van der Waals surface area (Å²) in [6.07, 6.45) is 0. The van der Waals surface area contributed by atoms with Crippen molar-refractivity contribution >= 4 is 23.3 Å². The van der Waals surface area contributed by atoms with E-state index in [0.717, 1.165) is 0 Å². The van der Waals surface area contributed by atoms with Crippen molar-refractivity contribution in [1.29, 1.82) is 0 Å². The Kier molecular flexibility index (Phi) is 4.55. The molecule has 5 N–H and O–H groups in total. The first-order valence-electron chi connectivity index (χ1n) is 6.39. The van der Waals surface area contributed by atoms with E-state index < -0.39 is 11.9 Å². The second-order valence-corrected chi connectivity index (χ2v) is 4.49. The molecule has 2 aromatic carbocycles. The molecule has 0 atom stereocenters. The number of nitrogen functional groups attached to an aromatic ring is 1. The maximum atomic E-state index is 11.9. The molecule has 0 aliphatic carbocycles. The highest BCUT2D eigenvalue weighted by Crippen LogP contribution is 2.24. The van der Waals surface area contributed by atoms with Gasteiger partial charge in [-0.1, -0.05) is 0 Å². The van der Waals surface area contributed by atoms with Crippen molar-refractivity contribution in [3.05, 3.63) is 47.5 Å². The molecule has 0 aromatic heterocycles. The molecule has 0 saturated heterocycles. The number of esters is 1. The van der Waals surface area contributed by atoms with Crippen molar-refractivity contribution in [2.24, 2.45) is 0 Å². The molecular weight excluding hydrogens is 304 g/mol. The summed E-state index contributed by atoms with van der Waals surface area (Å²) >= 11 is 0. The Morgan fingerprint density at radius 3 is 2.26 bits per heavy atom. The molecule has 8 heteroatoms. The average Bonchev–Trinajstić information content (AvgIpc) is 2.55. The Labute approximate surface area is 131 Å². The number of phenolic OH excluding ortho intramolecular Hbond substituents is 2. The van der Waals surface area contributed by atoms with Crippen LogP contribution in [0.1, 0.15) is 20.7 Å². The Morgan fingerprint density at radius 2 is 1.61 bits per heavy atom. The molecule has 0 aliphatic rings. The van der Waals surface area contributed by atoms with E-state index in [1.54, 1.807) is 0 Å². The van der Waals surface area contributed by atoms with E-state index in [-0.39, 0.29) is 34.0 Å². The van der Waals surface area contributed by atoms with Crippen molar-refractivity contribution < 1.29 is 29.4 Å². The lowest BCUT2D eigenvalue weighted by Crippen LogP contribution is -2.12. The number of rotatable bonds is 4. The minimum atomic E-state index is -0.873. The zero-order valence-corrected chi connectivity index (χ0v) is 12.1. The van der Waals surface area contributed by atoms with Gasteiger partial charge in [0.2, 0.25) is 0 Å². The number of benzene rings is 2. The van der Waals surface area contributed by atoms with Crippen molar-refractivity contribution in [2.75, 3.05) is 18.3 Å². The highest BCUT2D eigenvalue weighted by molar-refractivity contribution is 5.95. The highest BCUT2D eigenvalue weighted by atomic mass is 16.7. The number of nitrogens with one attached hydrogen (secondary N) is 1. The summed E-state index contributed by atoms with van der Waals surface area (Å²) in [5, 5.41) is 19.2. The third-order valence-electron chi connectivity index (χ3n) is 2.90. The molecule has 0 spiro atoms. The molecule has 23 heavy (non-hydrogen) atoms. The molecule has 2 aromatic rings. The van der Waals surface area contributed by atoms with E-state index >= 15 is 0 Å². The van der Waals surface area contributed by atoms with E-state index in [2.05, 4.69) is 10.2 Å². The number of ether oxygens (including phenoxy) is 1. The van der Waals surface area contributed by atoms with E-state index in [1.807, 2.05) is 0 Å². The largest absolute Gasteiger partial charge is 0.507 e. The lowest BCUT2D eigenvalue weighted by Gasteiger charge is -2.10. The van der Waals surface area contributed by atoms with E-state index in [1.165, 1.54) is 43.5 Å². The first-order valence-corrected chi connectivity index (χ1v) is 6.39. The van der Waals surface area contributed by atoms with Gasteiger partial charge >= 0.3 is 11.9 Å². The summed E-state index contributed by atoms with van der Waals surface area (Å²) < 4.78 is 4.51. The van der Waals surface area contributed by atoms with Crippen molar-refractivity contribution in [3.8, 4) is 11.5 Å². The lowest BCUT2D eigenvalue weighted by atomic mass is 10.2. The van der Waals surface area contributed by atoms with Crippen molar-refractivity contribution in [1.82, 2.24) is 0 Å². The SMILES string of the molecule is COC(=O)c1cc(NOC(=O)c2cc(N)ccc2O)ccc1O. The zero-order chi connectivity index (χ0) is 17.0. The smallest absolute Gasteiger partial charge is 0.366 e. The van der Waals surface area contributed by atoms with E-state index in [4.69, 9.17) is 10.6 Å². The van der Waals surface area contributed by atoms with Crippen molar-refractivity contribution in [3.63, 3.8) is 0 Å². The number of anilines is 2. The van der Waals surface area contributed by atoms with Crippen LogP contribution >= 0.6 is 0 Å². The fourth-order valence-corrected chi connectivity index (χ4v) is 1.75. The van der Waals surface area contributed by atoms with E-state index in [9.17, 15) is 19.8 Å². The number of methoxy groups -OCH3 is 1. The Hall–Kier alpha value is -3.42. The van der Waals surface area contributed by atoms with Crippen LogP contribution in [0.5, 0.6) is 11.5 Å². The number of carbonyl (C=O) groups is 2. The number of aromatic hydroxyl groups is 2. The Morgan fingerprint density at radius 1 is 1.00 bits per heavy atom. The van der Waals surface area contributed by atoms with Gasteiger partial charge in [-0.3, -0.25) is 0 Å². The van der Waals surface area contributed by atoms with Crippen LogP contribution in [0.15, 0.2) is 36.4 Å². The van der Waals surface area contributed by atoms with Gasteiger partial charge in [0.15, 0.2) is 0 Å². The number of nitrogens with two attached hydrogens (primary N) is 1. The minimum absolute atomic E-state index is 0.0969. The third-order valence-corrected chi connectivity index (χ3v) is 2.90. The standard InChI is InChI=1S/C15H14N2O6/c1-22-14(20)11-7-9(3-5-13(11)19)17-23-15(21)10-6-8(16)2-4-12(10)18/h2-7,17-19H,16H2,1H3. The molecule has 2 rings (SSSR count). The molecule has 0 fully saturated rings. The normalized spacial score (nSPS) is 9.96. The molecule has 0 bridgehead atoms. The summed E-state index contributed by atoms with van der Waals surface area (Å²) in [4.78, 5) is 28.2. The van der Waals surface area contributed by atoms with Gasteiger partial charge in [0.1, 0.15) is 22.6 Å². The quantitative estimate of drug-likeness (QED) is 0.290. The van der Waals surface area contributed by atoms with Crippen LogP contribution < -0.4 is 11.2 Å². The van der Waals surface area contributed by atoms with Gasteiger partial charge in [0.25, 0.3) is 0 Å². The maximum absolute atomic E-state index is 11.9. The topological polar surface area (TPSA) is 131 Å². The molecular formula is C15H14N2O6. The second kappa shape index (κ2) is 6.56. The fraction of sp³-hybridized carbons (Fsp3) is 0.0667. The summed E-state index contributed by atoms with van der Waals surface area (Å²) in [6.45, 7) is 0. The van der Waals surface area contributed by atoms with Crippen LogP contribution in [-0.4, -0.2) is 29.3 Å². The monoisotopic (exact) mass is 318 g/mol. The number of hydrogen-bond donors (Lipinski definition) is 4. The summed E-state index contributed by atoms with van der Waals surface area (Å²) in [6, 6.07) is 7.82. The molecule has 120 valence electrons. The van der Waals surface area contributed by atoms with E-state index in [0.29, 0.717) is 0 Å². The predicted octanol–water partition coefficient (Wildman–Crippen LogP) is 1.65. The lowest BCUT2D eigenvalue weighted by molar-refractivity contribution is 0.0590. The molecule has 8 nitrogen and oxygen atoms in total. The molecule has 0 unspecified atom stereocenters. The predicted molar refractivity (Wildman–Crippen MR) is 81.0 cm³/mol. The van der Waals surface area contributed by atoms with Crippen LogP contribution in [0.4, 0.5) is 11.4 Å². The van der Waals surface area contributed by atoms with Gasteiger partial charge in [-0.25, -0.2) is 15.1 Å². The Balaban J connectivity index is 2.13. The molecule has 0 radical (unpaired) electrons. The second-order valence-electron chi connectivity index (χ2n) is 4.49. The molecule has 0 heterocycles. The summed E-state index contributed by atoms with van der Waals surface area (Å²) in [7, 11) is 1.17. The third kappa shape index (κ3) is 3.62. The maximum Gasteiger partial charge on any atom is 0.366 e. The number of phenols is 2. The number of carbonyl (C=O) groups excluding carboxylic acids is 2. The van der Waals surface area contributed by atoms with Gasteiger partial charge in [-0.2, -0.15) is 0 Å². The van der Waals surface area contributed by atoms with Crippen LogP contribution in [0.25, 0.3) is 0 Å². The van der Waals surface area contributed by atoms with Gasteiger partial charge < -0.3 is 25.5 Å². The number of hydrogen-bond acceptors (Lipinski definition) is 8. The molecule has 0 aliphatic heterocycles. The molecule has 0 amide bonds. The van der Waals surface area contributed by atoms with Gasteiger partial charge in [-0.15, -0.1) is 0 Å². The Bertz CT molecular complexity index is 760. The van der Waals surface area contributed by atoms with Crippen LogP contribution in [0.3, 0.4) is 0 Å². The van der Waals surface area contributed by atoms with Crippen LogP contribution in [0.2, 0.25) is 0 Å². The van der Waals surface area contributed by atoms with Gasteiger partial charge in [0.05, 0.1) is 12.8 Å². The van der Waals surface area contributed by atoms with Gasteiger partial charge in [-0.05, 0) is 36.4 Å². The summed E-state index contributed by atoms with van der Waals surface area (Å²) in [5.41, 5.74) is 8.14. The van der Waals surface area contributed by atoms with Gasteiger partial charge in [0, 0.05) is 5.69 Å². The first-order chi connectivity index (χ1) is 10.9. The average molecular weight is 318 g/mol. The first kappa shape index (κ1) is 16.0.